The summed E-state index contributed by atoms with van der Waals surface area (Å²) in [5.74, 6) is 0.185. The van der Waals surface area contributed by atoms with Gasteiger partial charge in [-0.2, -0.15) is 0 Å². The van der Waals surface area contributed by atoms with Crippen molar-refractivity contribution in [1.82, 2.24) is 21.3 Å². The van der Waals surface area contributed by atoms with Gasteiger partial charge in [-0.25, -0.2) is 0 Å². The molecular weight excluding hydrogens is 350 g/mol. The molecule has 0 aromatic carbocycles. The molecule has 166 valence electrons. The lowest BCUT2D eigenvalue weighted by Crippen LogP contribution is -2.36. The molecule has 0 unspecified atom stereocenters. The van der Waals surface area contributed by atoms with E-state index in [1.807, 2.05) is 0 Å². The van der Waals surface area contributed by atoms with E-state index in [0.717, 1.165) is 52.1 Å². The Morgan fingerprint density at radius 2 is 1.25 bits per heavy atom. The summed E-state index contributed by atoms with van der Waals surface area (Å²) < 4.78 is 0. The first-order valence-corrected chi connectivity index (χ1v) is 11.5. The summed E-state index contributed by atoms with van der Waals surface area (Å²) in [6.45, 7) is 9.08. The average Bonchev–Trinajstić information content (AvgIpc) is 2.70. The molecule has 0 aliphatic rings. The average molecular weight is 398 g/mol. The lowest BCUT2D eigenvalue weighted by atomic mass is 10.1. The quantitative estimate of drug-likeness (QED) is 0.143. The van der Waals surface area contributed by atoms with Crippen LogP contribution in [0, 0.1) is 0 Å². The Morgan fingerprint density at radius 1 is 0.714 bits per heavy atom. The molecule has 6 heteroatoms. The van der Waals surface area contributed by atoms with E-state index in [-0.39, 0.29) is 5.91 Å². The van der Waals surface area contributed by atoms with Gasteiger partial charge < -0.3 is 27.0 Å². The molecule has 0 bridgehead atoms. The number of unbranched alkanes of at least 4 members (excludes halogenated alkanes) is 7. The summed E-state index contributed by atoms with van der Waals surface area (Å²) in [6, 6.07) is 0. The maximum atomic E-state index is 11.8. The van der Waals surface area contributed by atoms with E-state index in [2.05, 4.69) is 40.3 Å². The zero-order valence-electron chi connectivity index (χ0n) is 18.4. The molecule has 0 saturated carbocycles. The second-order valence-electron chi connectivity index (χ2n) is 7.31. The summed E-state index contributed by atoms with van der Waals surface area (Å²) in [5, 5.41) is 12.9. The van der Waals surface area contributed by atoms with Crippen LogP contribution in [-0.4, -0.2) is 58.3 Å². The fourth-order valence-electron chi connectivity index (χ4n) is 2.85. The van der Waals surface area contributed by atoms with Crippen LogP contribution in [0.2, 0.25) is 0 Å². The lowest BCUT2D eigenvalue weighted by molar-refractivity contribution is -0.121. The van der Waals surface area contributed by atoms with Crippen LogP contribution in [0.3, 0.4) is 0 Å². The molecule has 0 aromatic heterocycles. The highest BCUT2D eigenvalue weighted by Gasteiger charge is 2.00. The number of amides is 1. The van der Waals surface area contributed by atoms with Crippen molar-refractivity contribution < 1.29 is 4.79 Å². The third kappa shape index (κ3) is 23.1. The standard InChI is InChI=1S/C22H47N5O/c1-2-3-4-5-6-7-8-9-10-11-12-13-22(28)27-21-20-26-19-18-25-17-16-24-15-14-23/h5-6,24-26H,2-4,7-21,23H2,1H3,(H,27,28). The predicted octanol–water partition coefficient (Wildman–Crippen LogP) is 2.31. The Balaban J connectivity index is 3.18. The molecule has 0 spiro atoms. The molecule has 0 radical (unpaired) electrons. The highest BCUT2D eigenvalue weighted by Crippen LogP contribution is 2.08. The third-order valence-corrected chi connectivity index (χ3v) is 4.57. The van der Waals surface area contributed by atoms with Gasteiger partial charge in [-0.1, -0.05) is 51.2 Å². The number of hydrogen-bond donors (Lipinski definition) is 5. The molecule has 0 heterocycles. The van der Waals surface area contributed by atoms with Gasteiger partial charge in [0.25, 0.3) is 0 Å². The summed E-state index contributed by atoms with van der Waals surface area (Å²) in [6.07, 6.45) is 16.3. The zero-order valence-corrected chi connectivity index (χ0v) is 18.4. The van der Waals surface area contributed by atoms with E-state index in [0.29, 0.717) is 19.5 Å². The summed E-state index contributed by atoms with van der Waals surface area (Å²) in [4.78, 5) is 11.8. The van der Waals surface area contributed by atoms with Crippen molar-refractivity contribution >= 4 is 5.91 Å². The number of nitrogens with one attached hydrogen (secondary N) is 4. The van der Waals surface area contributed by atoms with Gasteiger partial charge in [0.1, 0.15) is 0 Å². The smallest absolute Gasteiger partial charge is 0.220 e. The molecule has 0 atom stereocenters. The zero-order chi connectivity index (χ0) is 20.5. The first-order chi connectivity index (χ1) is 13.8. The van der Waals surface area contributed by atoms with Crippen molar-refractivity contribution in [2.24, 2.45) is 5.73 Å². The van der Waals surface area contributed by atoms with E-state index >= 15 is 0 Å². The lowest BCUT2D eigenvalue weighted by Gasteiger charge is -2.08. The van der Waals surface area contributed by atoms with Crippen LogP contribution in [0.15, 0.2) is 12.2 Å². The van der Waals surface area contributed by atoms with Crippen molar-refractivity contribution in [1.29, 1.82) is 0 Å². The van der Waals surface area contributed by atoms with Gasteiger partial charge in [-0.15, -0.1) is 0 Å². The van der Waals surface area contributed by atoms with E-state index in [1.54, 1.807) is 0 Å². The van der Waals surface area contributed by atoms with E-state index < -0.39 is 0 Å². The van der Waals surface area contributed by atoms with Crippen LogP contribution < -0.4 is 27.0 Å². The monoisotopic (exact) mass is 397 g/mol. The van der Waals surface area contributed by atoms with Gasteiger partial charge in [-0.3, -0.25) is 4.79 Å². The molecule has 1 amide bonds. The van der Waals surface area contributed by atoms with Crippen molar-refractivity contribution in [3.63, 3.8) is 0 Å². The van der Waals surface area contributed by atoms with Crippen molar-refractivity contribution in [2.45, 2.75) is 71.1 Å². The van der Waals surface area contributed by atoms with Gasteiger partial charge in [0.05, 0.1) is 0 Å². The van der Waals surface area contributed by atoms with E-state index in [4.69, 9.17) is 5.73 Å². The van der Waals surface area contributed by atoms with Crippen LogP contribution >= 0.6 is 0 Å². The minimum absolute atomic E-state index is 0.185. The van der Waals surface area contributed by atoms with Gasteiger partial charge in [0, 0.05) is 58.8 Å². The summed E-state index contributed by atoms with van der Waals surface area (Å²) in [7, 11) is 0. The highest BCUT2D eigenvalue weighted by molar-refractivity contribution is 5.75. The second-order valence-corrected chi connectivity index (χ2v) is 7.31. The fourth-order valence-corrected chi connectivity index (χ4v) is 2.85. The second kappa shape index (κ2) is 24.1. The van der Waals surface area contributed by atoms with Crippen molar-refractivity contribution in [3.05, 3.63) is 12.2 Å². The number of carbonyl (C=O) groups excluding carboxylic acids is 1. The van der Waals surface area contributed by atoms with Gasteiger partial charge in [0.2, 0.25) is 5.91 Å². The normalized spacial score (nSPS) is 11.4. The molecular formula is C22H47N5O. The summed E-state index contributed by atoms with van der Waals surface area (Å²) >= 11 is 0. The number of rotatable bonds is 22. The maximum Gasteiger partial charge on any atom is 0.220 e. The Hall–Kier alpha value is -0.950. The van der Waals surface area contributed by atoms with Crippen LogP contribution in [-0.2, 0) is 4.79 Å². The SMILES string of the molecule is CCCCC=CCCCCCCCC(=O)NCCNCCNCCNCCN. The third-order valence-electron chi connectivity index (χ3n) is 4.57. The molecule has 0 rings (SSSR count). The minimum Gasteiger partial charge on any atom is -0.355 e. The molecule has 0 aromatic rings. The molecule has 0 aliphatic heterocycles. The molecule has 0 fully saturated rings. The Kier molecular flexibility index (Phi) is 23.3. The predicted molar refractivity (Wildman–Crippen MR) is 122 cm³/mol. The van der Waals surface area contributed by atoms with Crippen LogP contribution in [0.1, 0.15) is 71.1 Å². The highest BCUT2D eigenvalue weighted by atomic mass is 16.1. The first-order valence-electron chi connectivity index (χ1n) is 11.5. The molecule has 6 nitrogen and oxygen atoms in total. The minimum atomic E-state index is 0.185. The van der Waals surface area contributed by atoms with Gasteiger partial charge in [0.15, 0.2) is 0 Å². The van der Waals surface area contributed by atoms with E-state index in [9.17, 15) is 4.79 Å². The maximum absolute atomic E-state index is 11.8. The van der Waals surface area contributed by atoms with Crippen molar-refractivity contribution in [3.8, 4) is 0 Å². The molecule has 28 heavy (non-hydrogen) atoms. The fraction of sp³-hybridized carbons (Fsp3) is 0.864. The topological polar surface area (TPSA) is 91.2 Å². The Labute approximate surface area is 173 Å². The van der Waals surface area contributed by atoms with Gasteiger partial charge in [-0.05, 0) is 25.7 Å². The Bertz CT molecular complexity index is 350. The first kappa shape index (κ1) is 27.0. The molecule has 0 aliphatic carbocycles. The van der Waals surface area contributed by atoms with E-state index in [1.165, 1.54) is 44.9 Å². The van der Waals surface area contributed by atoms with Crippen molar-refractivity contribution in [2.75, 3.05) is 52.4 Å². The number of hydrogen-bond acceptors (Lipinski definition) is 5. The number of carbonyl (C=O) groups is 1. The molecule has 0 saturated heterocycles. The number of allylic oxidation sites excluding steroid dienone is 2. The number of nitrogens with two attached hydrogens (primary N) is 1. The van der Waals surface area contributed by atoms with Crippen LogP contribution in [0.25, 0.3) is 0 Å². The largest absolute Gasteiger partial charge is 0.355 e. The Morgan fingerprint density at radius 3 is 1.89 bits per heavy atom. The van der Waals surface area contributed by atoms with Crippen LogP contribution in [0.4, 0.5) is 0 Å². The van der Waals surface area contributed by atoms with Gasteiger partial charge >= 0.3 is 0 Å². The summed E-state index contributed by atoms with van der Waals surface area (Å²) in [5.41, 5.74) is 5.41. The van der Waals surface area contributed by atoms with Crippen LogP contribution in [0.5, 0.6) is 0 Å². The molecule has 6 N–H and O–H groups in total.